The van der Waals surface area contributed by atoms with E-state index in [0.717, 1.165) is 19.2 Å². The van der Waals surface area contributed by atoms with Crippen LogP contribution in [0.5, 0.6) is 0 Å². The van der Waals surface area contributed by atoms with Crippen LogP contribution in [-0.2, 0) is 16.0 Å². The minimum absolute atomic E-state index is 0.0637. The second-order valence-electron chi connectivity index (χ2n) is 3.03. The van der Waals surface area contributed by atoms with Crippen molar-refractivity contribution in [3.8, 4) is 0 Å². The van der Waals surface area contributed by atoms with Crippen molar-refractivity contribution in [3.05, 3.63) is 33.5 Å². The van der Waals surface area contributed by atoms with Crippen LogP contribution >= 0.6 is 0 Å². The van der Waals surface area contributed by atoms with Gasteiger partial charge in [-0.15, -0.1) is 0 Å². The van der Waals surface area contributed by atoms with Gasteiger partial charge in [0.05, 0.1) is 19.1 Å². The number of methoxy groups -OCH3 is 1. The van der Waals surface area contributed by atoms with Gasteiger partial charge in [0, 0.05) is 0 Å². The SMILES string of the molecule is COC(=O)Cc1ccc(C(F)F)nc1[N+](=O)[O-]. The predicted molar refractivity (Wildman–Crippen MR) is 51.6 cm³/mol. The molecule has 0 saturated carbocycles. The molecule has 0 atom stereocenters. The van der Waals surface area contributed by atoms with Crippen LogP contribution in [0.3, 0.4) is 0 Å². The molecule has 0 aliphatic rings. The van der Waals surface area contributed by atoms with Crippen molar-refractivity contribution in [2.45, 2.75) is 12.8 Å². The van der Waals surface area contributed by atoms with E-state index in [-0.39, 0.29) is 12.0 Å². The Balaban J connectivity index is 3.13. The van der Waals surface area contributed by atoms with Crippen molar-refractivity contribution in [1.29, 1.82) is 0 Å². The standard InChI is InChI=1S/C9H8F2N2O4/c1-17-7(14)4-5-2-3-6(8(10)11)12-9(5)13(15)16/h2-3,8H,4H2,1H3. The van der Waals surface area contributed by atoms with Crippen LogP contribution in [0.25, 0.3) is 0 Å². The van der Waals surface area contributed by atoms with Crippen molar-refractivity contribution < 1.29 is 23.2 Å². The summed E-state index contributed by atoms with van der Waals surface area (Å²) in [7, 11) is 1.12. The normalized spacial score (nSPS) is 10.4. The lowest BCUT2D eigenvalue weighted by molar-refractivity contribution is -0.390. The number of halogens is 2. The molecule has 0 aromatic carbocycles. The Morgan fingerprint density at radius 1 is 1.59 bits per heavy atom. The van der Waals surface area contributed by atoms with E-state index in [1.807, 2.05) is 0 Å². The Morgan fingerprint density at radius 3 is 2.71 bits per heavy atom. The molecule has 6 nitrogen and oxygen atoms in total. The van der Waals surface area contributed by atoms with Crippen LogP contribution in [0.15, 0.2) is 12.1 Å². The Hall–Kier alpha value is -2.12. The van der Waals surface area contributed by atoms with Crippen LogP contribution in [0, 0.1) is 10.1 Å². The van der Waals surface area contributed by atoms with Gasteiger partial charge >= 0.3 is 18.2 Å². The molecule has 8 heteroatoms. The second kappa shape index (κ2) is 5.28. The molecule has 1 aromatic rings. The summed E-state index contributed by atoms with van der Waals surface area (Å²) in [5.74, 6) is -1.46. The van der Waals surface area contributed by atoms with E-state index in [2.05, 4.69) is 9.72 Å². The molecule has 0 amide bonds. The highest BCUT2D eigenvalue weighted by molar-refractivity contribution is 5.73. The van der Waals surface area contributed by atoms with Crippen molar-refractivity contribution in [2.24, 2.45) is 0 Å². The monoisotopic (exact) mass is 246 g/mol. The third kappa shape index (κ3) is 3.16. The van der Waals surface area contributed by atoms with Gasteiger partial charge in [0.2, 0.25) is 5.69 Å². The highest BCUT2D eigenvalue weighted by atomic mass is 19.3. The van der Waals surface area contributed by atoms with E-state index in [0.29, 0.717) is 0 Å². The number of aromatic nitrogens is 1. The zero-order valence-electron chi connectivity index (χ0n) is 8.72. The number of nitrogens with zero attached hydrogens (tertiary/aromatic N) is 2. The summed E-state index contributed by atoms with van der Waals surface area (Å²) in [6.07, 6.45) is -3.29. The molecule has 1 aromatic heterocycles. The first kappa shape index (κ1) is 12.9. The van der Waals surface area contributed by atoms with E-state index in [1.165, 1.54) is 0 Å². The van der Waals surface area contributed by atoms with Crippen LogP contribution in [0.2, 0.25) is 0 Å². The van der Waals surface area contributed by atoms with Gasteiger partial charge in [-0.2, -0.15) is 0 Å². The van der Waals surface area contributed by atoms with Crippen molar-refractivity contribution >= 4 is 11.8 Å². The summed E-state index contributed by atoms with van der Waals surface area (Å²) in [4.78, 5) is 23.9. The number of hydrogen-bond donors (Lipinski definition) is 0. The molecule has 0 saturated heterocycles. The van der Waals surface area contributed by atoms with Crippen molar-refractivity contribution in [2.75, 3.05) is 7.11 Å². The summed E-state index contributed by atoms with van der Waals surface area (Å²) in [6, 6.07) is 2.01. The molecule has 17 heavy (non-hydrogen) atoms. The molecule has 1 rings (SSSR count). The van der Waals surface area contributed by atoms with Gasteiger partial charge in [-0.25, -0.2) is 8.78 Å². The minimum Gasteiger partial charge on any atom is -0.469 e. The summed E-state index contributed by atoms with van der Waals surface area (Å²) >= 11 is 0. The highest BCUT2D eigenvalue weighted by Crippen LogP contribution is 2.23. The fourth-order valence-corrected chi connectivity index (χ4v) is 1.14. The molecule has 1 heterocycles. The maximum Gasteiger partial charge on any atom is 0.367 e. The average molecular weight is 246 g/mol. The van der Waals surface area contributed by atoms with Gasteiger partial charge in [-0.3, -0.25) is 4.79 Å². The number of pyridine rings is 1. The molecule has 0 spiro atoms. The zero-order chi connectivity index (χ0) is 13.0. The fraction of sp³-hybridized carbons (Fsp3) is 0.333. The number of ether oxygens (including phenoxy) is 1. The average Bonchev–Trinajstić information content (AvgIpc) is 2.28. The molecule has 0 bridgehead atoms. The fourth-order valence-electron chi connectivity index (χ4n) is 1.14. The lowest BCUT2D eigenvalue weighted by atomic mass is 10.1. The van der Waals surface area contributed by atoms with Crippen LogP contribution < -0.4 is 0 Å². The Bertz CT molecular complexity index is 451. The second-order valence-corrected chi connectivity index (χ2v) is 3.03. The third-order valence-electron chi connectivity index (χ3n) is 1.94. The minimum atomic E-state index is -2.90. The maximum absolute atomic E-state index is 12.3. The third-order valence-corrected chi connectivity index (χ3v) is 1.94. The molecular weight excluding hydrogens is 238 g/mol. The molecule has 0 fully saturated rings. The van der Waals surface area contributed by atoms with E-state index >= 15 is 0 Å². The number of alkyl halides is 2. The number of esters is 1. The highest BCUT2D eigenvalue weighted by Gasteiger charge is 2.23. The van der Waals surface area contributed by atoms with Gasteiger partial charge in [-0.05, 0) is 22.0 Å². The van der Waals surface area contributed by atoms with E-state index in [4.69, 9.17) is 0 Å². The maximum atomic E-state index is 12.3. The van der Waals surface area contributed by atoms with Crippen LogP contribution in [0.4, 0.5) is 14.6 Å². The number of nitro groups is 1. The van der Waals surface area contributed by atoms with Gasteiger partial charge < -0.3 is 14.9 Å². The number of rotatable bonds is 4. The topological polar surface area (TPSA) is 82.3 Å². The quantitative estimate of drug-likeness (QED) is 0.458. The molecule has 0 N–H and O–H groups in total. The molecule has 0 aliphatic carbocycles. The van der Waals surface area contributed by atoms with Gasteiger partial charge in [-0.1, -0.05) is 0 Å². The lowest BCUT2D eigenvalue weighted by Gasteiger charge is -2.02. The molecular formula is C9H8F2N2O4. The number of carbonyl (C=O) groups is 1. The summed E-state index contributed by atoms with van der Waals surface area (Å²) in [6.45, 7) is 0. The number of hydrogen-bond acceptors (Lipinski definition) is 5. The summed E-state index contributed by atoms with van der Waals surface area (Å²) in [5.41, 5.74) is -0.767. The molecule has 92 valence electrons. The van der Waals surface area contributed by atoms with E-state index in [1.54, 1.807) is 0 Å². The first-order chi connectivity index (χ1) is 7.95. The van der Waals surface area contributed by atoms with Gasteiger partial charge in [0.15, 0.2) is 0 Å². The zero-order valence-corrected chi connectivity index (χ0v) is 8.72. The van der Waals surface area contributed by atoms with Crippen molar-refractivity contribution in [3.63, 3.8) is 0 Å². The number of carbonyl (C=O) groups excluding carboxylic acids is 1. The first-order valence-corrected chi connectivity index (χ1v) is 4.45. The summed E-state index contributed by atoms with van der Waals surface area (Å²) in [5, 5.41) is 10.6. The van der Waals surface area contributed by atoms with Gasteiger partial charge in [0.25, 0.3) is 0 Å². The summed E-state index contributed by atoms with van der Waals surface area (Å²) < 4.78 is 28.9. The Kier molecular flexibility index (Phi) is 4.02. The largest absolute Gasteiger partial charge is 0.469 e. The Morgan fingerprint density at radius 2 is 2.24 bits per heavy atom. The smallest absolute Gasteiger partial charge is 0.367 e. The lowest BCUT2D eigenvalue weighted by Crippen LogP contribution is -2.09. The van der Waals surface area contributed by atoms with E-state index < -0.39 is 28.8 Å². The molecule has 0 aliphatic heterocycles. The van der Waals surface area contributed by atoms with E-state index in [9.17, 15) is 23.7 Å². The Labute approximate surface area is 94.4 Å². The van der Waals surface area contributed by atoms with Crippen LogP contribution in [-0.4, -0.2) is 23.0 Å². The van der Waals surface area contributed by atoms with Crippen molar-refractivity contribution in [1.82, 2.24) is 4.98 Å². The first-order valence-electron chi connectivity index (χ1n) is 4.45. The predicted octanol–water partition coefficient (Wildman–Crippen LogP) is 1.64. The molecule has 0 unspecified atom stereocenters. The van der Waals surface area contributed by atoms with Gasteiger partial charge in [0.1, 0.15) is 0 Å². The van der Waals surface area contributed by atoms with Crippen LogP contribution in [0.1, 0.15) is 17.7 Å². The molecule has 0 radical (unpaired) electrons.